The second-order valence-electron chi connectivity index (χ2n) is 4.87. The quantitative estimate of drug-likeness (QED) is 0.912. The Morgan fingerprint density at radius 2 is 2.00 bits per heavy atom. The van der Waals surface area contributed by atoms with Gasteiger partial charge in [-0.25, -0.2) is 8.42 Å². The summed E-state index contributed by atoms with van der Waals surface area (Å²) in [7, 11) is -3.56. The molecule has 0 unspecified atom stereocenters. The summed E-state index contributed by atoms with van der Waals surface area (Å²) in [6, 6.07) is 7.22. The normalized spacial score (nSPS) is 14.2. The molecule has 1 heterocycles. The molecule has 1 aliphatic rings. The van der Waals surface area contributed by atoms with Crippen molar-refractivity contribution in [1.29, 1.82) is 0 Å². The van der Waals surface area contributed by atoms with Gasteiger partial charge in [0.1, 0.15) is 4.21 Å². The van der Waals surface area contributed by atoms with E-state index in [0.29, 0.717) is 11.3 Å². The number of aliphatic hydroxyl groups is 1. The lowest BCUT2D eigenvalue weighted by Crippen LogP contribution is -2.11. The van der Waals surface area contributed by atoms with Crippen LogP contribution in [-0.2, 0) is 29.5 Å². The van der Waals surface area contributed by atoms with Crippen LogP contribution in [0.5, 0.6) is 0 Å². The number of hydrogen-bond donors (Lipinski definition) is 2. The van der Waals surface area contributed by atoms with Crippen LogP contribution >= 0.6 is 11.3 Å². The zero-order valence-corrected chi connectivity index (χ0v) is 12.4. The Labute approximate surface area is 122 Å². The van der Waals surface area contributed by atoms with Crippen molar-refractivity contribution in [2.24, 2.45) is 0 Å². The predicted octanol–water partition coefficient (Wildman–Crippen LogP) is 2.53. The van der Waals surface area contributed by atoms with Crippen molar-refractivity contribution in [3.05, 3.63) is 46.3 Å². The maximum Gasteiger partial charge on any atom is 0.271 e. The lowest BCUT2D eigenvalue weighted by molar-refractivity contribution is 0.282. The summed E-state index contributed by atoms with van der Waals surface area (Å²) >= 11 is 1.12. The maximum atomic E-state index is 12.2. The highest BCUT2D eigenvalue weighted by Crippen LogP contribution is 2.27. The van der Waals surface area contributed by atoms with Crippen molar-refractivity contribution in [3.8, 4) is 0 Å². The summed E-state index contributed by atoms with van der Waals surface area (Å²) in [5, 5.41) is 10.7. The SMILES string of the molecule is O=S(=O)(Nc1ccc2c(c1)CCC2)c1cc(CO)cs1. The van der Waals surface area contributed by atoms with Gasteiger partial charge >= 0.3 is 0 Å². The zero-order valence-electron chi connectivity index (χ0n) is 10.8. The number of fused-ring (bicyclic) bond motifs is 1. The zero-order chi connectivity index (χ0) is 14.2. The molecule has 2 aromatic rings. The minimum absolute atomic E-state index is 0.148. The molecule has 3 rings (SSSR count). The van der Waals surface area contributed by atoms with E-state index in [4.69, 9.17) is 5.11 Å². The van der Waals surface area contributed by atoms with Crippen LogP contribution in [-0.4, -0.2) is 13.5 Å². The molecule has 0 bridgehead atoms. The Balaban J connectivity index is 1.86. The molecular formula is C14H15NO3S2. The van der Waals surface area contributed by atoms with E-state index >= 15 is 0 Å². The Morgan fingerprint density at radius 1 is 1.20 bits per heavy atom. The predicted molar refractivity (Wildman–Crippen MR) is 79.5 cm³/mol. The molecule has 0 radical (unpaired) electrons. The molecule has 0 saturated heterocycles. The molecule has 2 N–H and O–H groups in total. The fraction of sp³-hybridized carbons (Fsp3) is 0.286. The van der Waals surface area contributed by atoms with Crippen LogP contribution in [0.4, 0.5) is 5.69 Å². The first-order chi connectivity index (χ1) is 9.58. The summed E-state index contributed by atoms with van der Waals surface area (Å²) in [5.41, 5.74) is 3.76. The second kappa shape index (κ2) is 5.20. The molecule has 106 valence electrons. The van der Waals surface area contributed by atoms with E-state index in [2.05, 4.69) is 4.72 Å². The van der Waals surface area contributed by atoms with Gasteiger partial charge in [-0.2, -0.15) is 0 Å². The van der Waals surface area contributed by atoms with Gasteiger partial charge in [0.25, 0.3) is 10.0 Å². The van der Waals surface area contributed by atoms with Crippen LogP contribution in [0.3, 0.4) is 0 Å². The van der Waals surface area contributed by atoms with Gasteiger partial charge in [0, 0.05) is 5.69 Å². The number of anilines is 1. The van der Waals surface area contributed by atoms with Gasteiger partial charge < -0.3 is 5.11 Å². The van der Waals surface area contributed by atoms with E-state index in [1.54, 1.807) is 5.38 Å². The molecular weight excluding hydrogens is 294 g/mol. The summed E-state index contributed by atoms with van der Waals surface area (Å²) in [5.74, 6) is 0. The summed E-state index contributed by atoms with van der Waals surface area (Å²) in [6.45, 7) is -0.148. The van der Waals surface area contributed by atoms with Gasteiger partial charge in [-0.3, -0.25) is 4.72 Å². The maximum absolute atomic E-state index is 12.2. The van der Waals surface area contributed by atoms with Crippen molar-refractivity contribution < 1.29 is 13.5 Å². The van der Waals surface area contributed by atoms with E-state index in [9.17, 15) is 8.42 Å². The molecule has 0 atom stereocenters. The molecule has 0 saturated carbocycles. The standard InChI is InChI=1S/C14H15NO3S2/c16-8-10-6-14(19-9-10)20(17,18)15-13-5-4-11-2-1-3-12(11)7-13/h4-7,9,15-16H,1-3,8H2. The molecule has 20 heavy (non-hydrogen) atoms. The third-order valence-electron chi connectivity index (χ3n) is 3.43. The fourth-order valence-electron chi connectivity index (χ4n) is 2.42. The van der Waals surface area contributed by atoms with Crippen LogP contribution in [0.15, 0.2) is 33.9 Å². The van der Waals surface area contributed by atoms with Crippen molar-refractivity contribution >= 4 is 27.0 Å². The second-order valence-corrected chi connectivity index (χ2v) is 7.70. The summed E-state index contributed by atoms with van der Waals surface area (Å²) in [4.78, 5) is 0. The van der Waals surface area contributed by atoms with E-state index in [1.165, 1.54) is 17.2 Å². The summed E-state index contributed by atoms with van der Waals surface area (Å²) < 4.78 is 27.3. The molecule has 0 aliphatic heterocycles. The largest absolute Gasteiger partial charge is 0.392 e. The highest BCUT2D eigenvalue weighted by molar-refractivity contribution is 7.94. The minimum atomic E-state index is -3.56. The van der Waals surface area contributed by atoms with Gasteiger partial charge in [-0.15, -0.1) is 11.3 Å². The molecule has 0 spiro atoms. The average Bonchev–Trinajstić information content (AvgIpc) is 3.06. The van der Waals surface area contributed by atoms with Gasteiger partial charge in [0.2, 0.25) is 0 Å². The number of aryl methyl sites for hydroxylation is 2. The van der Waals surface area contributed by atoms with Crippen LogP contribution in [0.1, 0.15) is 23.1 Å². The minimum Gasteiger partial charge on any atom is -0.392 e. The van der Waals surface area contributed by atoms with Crippen molar-refractivity contribution in [3.63, 3.8) is 0 Å². The fourth-order valence-corrected chi connectivity index (χ4v) is 4.67. The highest BCUT2D eigenvalue weighted by Gasteiger charge is 2.18. The Morgan fingerprint density at radius 3 is 2.75 bits per heavy atom. The average molecular weight is 309 g/mol. The summed E-state index contributed by atoms with van der Waals surface area (Å²) in [6.07, 6.45) is 3.22. The number of thiophene rings is 1. The topological polar surface area (TPSA) is 66.4 Å². The first-order valence-electron chi connectivity index (χ1n) is 6.41. The van der Waals surface area contributed by atoms with E-state index < -0.39 is 10.0 Å². The smallest absolute Gasteiger partial charge is 0.271 e. The Kier molecular flexibility index (Phi) is 3.54. The molecule has 6 heteroatoms. The molecule has 1 aromatic carbocycles. The van der Waals surface area contributed by atoms with Gasteiger partial charge in [0.15, 0.2) is 0 Å². The van der Waals surface area contributed by atoms with Crippen LogP contribution < -0.4 is 4.72 Å². The van der Waals surface area contributed by atoms with E-state index in [-0.39, 0.29) is 10.8 Å². The van der Waals surface area contributed by atoms with E-state index in [0.717, 1.165) is 30.6 Å². The van der Waals surface area contributed by atoms with Gasteiger partial charge in [-0.05, 0) is 59.5 Å². The van der Waals surface area contributed by atoms with Crippen LogP contribution in [0, 0.1) is 0 Å². The number of sulfonamides is 1. The lowest BCUT2D eigenvalue weighted by atomic mass is 10.1. The monoisotopic (exact) mass is 309 g/mol. The van der Waals surface area contributed by atoms with Crippen LogP contribution in [0.2, 0.25) is 0 Å². The third kappa shape index (κ3) is 2.59. The number of hydrogen-bond acceptors (Lipinski definition) is 4. The van der Waals surface area contributed by atoms with Crippen molar-refractivity contribution in [2.45, 2.75) is 30.1 Å². The van der Waals surface area contributed by atoms with Gasteiger partial charge in [0.05, 0.1) is 6.61 Å². The molecule has 0 fully saturated rings. The third-order valence-corrected chi connectivity index (χ3v) is 6.30. The van der Waals surface area contributed by atoms with E-state index in [1.807, 2.05) is 18.2 Å². The molecule has 0 amide bonds. The van der Waals surface area contributed by atoms with Gasteiger partial charge in [-0.1, -0.05) is 6.07 Å². The molecule has 1 aromatic heterocycles. The molecule has 1 aliphatic carbocycles. The Hall–Kier alpha value is -1.37. The highest BCUT2D eigenvalue weighted by atomic mass is 32.2. The lowest BCUT2D eigenvalue weighted by Gasteiger charge is -2.08. The first-order valence-corrected chi connectivity index (χ1v) is 8.78. The van der Waals surface area contributed by atoms with Crippen molar-refractivity contribution in [1.82, 2.24) is 0 Å². The van der Waals surface area contributed by atoms with Crippen LogP contribution in [0.25, 0.3) is 0 Å². The van der Waals surface area contributed by atoms with Crippen molar-refractivity contribution in [2.75, 3.05) is 4.72 Å². The number of nitrogens with one attached hydrogen (secondary N) is 1. The Bertz CT molecular complexity index is 735. The molecule has 4 nitrogen and oxygen atoms in total. The number of rotatable bonds is 4. The first kappa shape index (κ1) is 13.6. The number of aliphatic hydroxyl groups excluding tert-OH is 1. The number of benzene rings is 1.